The van der Waals surface area contributed by atoms with Crippen LogP contribution in [0.2, 0.25) is 0 Å². The fourth-order valence-corrected chi connectivity index (χ4v) is 0.916. The van der Waals surface area contributed by atoms with E-state index in [9.17, 15) is 9.59 Å². The molecule has 0 aliphatic heterocycles. The van der Waals surface area contributed by atoms with Gasteiger partial charge in [0, 0.05) is 5.75 Å². The van der Waals surface area contributed by atoms with E-state index in [-0.39, 0.29) is 12.7 Å². The van der Waals surface area contributed by atoms with Crippen molar-refractivity contribution in [2.24, 2.45) is 5.92 Å². The molecule has 0 spiro atoms. The van der Waals surface area contributed by atoms with Crippen LogP contribution in [0.5, 0.6) is 0 Å². The summed E-state index contributed by atoms with van der Waals surface area (Å²) in [5, 5.41) is 8.81. The Hall–Kier alpha value is -0.750. The second-order valence-corrected chi connectivity index (χ2v) is 4.09. The first-order valence-corrected chi connectivity index (χ1v) is 5.67. The van der Waals surface area contributed by atoms with Gasteiger partial charge in [0.05, 0.1) is 18.6 Å². The van der Waals surface area contributed by atoms with E-state index in [0.29, 0.717) is 5.75 Å². The molecule has 16 heavy (non-hydrogen) atoms. The summed E-state index contributed by atoms with van der Waals surface area (Å²) in [4.78, 5) is 22.1. The minimum absolute atomic E-state index is 0.108. The van der Waals surface area contributed by atoms with Crippen molar-refractivity contribution in [1.82, 2.24) is 0 Å². The van der Waals surface area contributed by atoms with Gasteiger partial charge in [0.2, 0.25) is 6.10 Å². The topological polar surface area (TPSA) is 72.8 Å². The maximum atomic E-state index is 11.3. The van der Waals surface area contributed by atoms with Crippen LogP contribution in [0, 0.1) is 5.92 Å². The highest BCUT2D eigenvalue weighted by molar-refractivity contribution is 7.80. The summed E-state index contributed by atoms with van der Waals surface area (Å²) < 4.78 is 9.91. The largest absolute Gasteiger partial charge is 0.478 e. The first-order chi connectivity index (χ1) is 7.38. The molecule has 0 heterocycles. The molecule has 0 aromatic carbocycles. The normalized spacial score (nSPS) is 14.6. The van der Waals surface area contributed by atoms with Gasteiger partial charge in [-0.15, -0.1) is 0 Å². The first kappa shape index (κ1) is 15.2. The second-order valence-electron chi connectivity index (χ2n) is 3.73. The lowest BCUT2D eigenvalue weighted by Gasteiger charge is -2.17. The molecular weight excluding hydrogens is 232 g/mol. The average Bonchev–Trinajstić information content (AvgIpc) is 2.21. The van der Waals surface area contributed by atoms with E-state index in [4.69, 9.17) is 14.6 Å². The molecule has 0 saturated carbocycles. The zero-order valence-electron chi connectivity index (χ0n) is 9.67. The summed E-state index contributed by atoms with van der Waals surface area (Å²) in [5.41, 5.74) is 0. The Labute approximate surface area is 101 Å². The fraction of sp³-hybridized carbons (Fsp3) is 0.800. The summed E-state index contributed by atoms with van der Waals surface area (Å²) in [6.07, 6.45) is -1.36. The Morgan fingerprint density at radius 3 is 2.25 bits per heavy atom. The van der Waals surface area contributed by atoms with E-state index in [1.54, 1.807) is 20.8 Å². The number of carboxylic acid groups (broad SMARTS) is 1. The molecule has 2 atom stereocenters. The molecule has 0 rings (SSSR count). The van der Waals surface area contributed by atoms with E-state index in [1.807, 2.05) is 0 Å². The number of ether oxygens (including phenoxy) is 2. The molecule has 0 aromatic rings. The summed E-state index contributed by atoms with van der Waals surface area (Å²) in [6.45, 7) is 5.03. The zero-order chi connectivity index (χ0) is 12.7. The van der Waals surface area contributed by atoms with Gasteiger partial charge in [0.25, 0.3) is 0 Å². The third kappa shape index (κ3) is 5.97. The molecule has 0 saturated heterocycles. The van der Waals surface area contributed by atoms with E-state index in [2.05, 4.69) is 12.6 Å². The van der Waals surface area contributed by atoms with Crippen molar-refractivity contribution in [3.63, 3.8) is 0 Å². The predicted molar refractivity (Wildman–Crippen MR) is 61.6 cm³/mol. The fourth-order valence-electron chi connectivity index (χ4n) is 0.766. The number of carbonyl (C=O) groups excluding carboxylic acids is 1. The number of thiol groups is 1. The Bertz CT molecular complexity index is 241. The molecule has 6 heteroatoms. The maximum absolute atomic E-state index is 11.3. The highest BCUT2D eigenvalue weighted by Gasteiger charge is 2.25. The van der Waals surface area contributed by atoms with E-state index in [0.717, 1.165) is 0 Å². The summed E-state index contributed by atoms with van der Waals surface area (Å²) in [5.74, 6) is -1.89. The third-order valence-corrected chi connectivity index (χ3v) is 2.34. The predicted octanol–water partition coefficient (Wildman–Crippen LogP) is 0.974. The van der Waals surface area contributed by atoms with Crippen molar-refractivity contribution in [2.45, 2.75) is 33.0 Å². The minimum atomic E-state index is -1.25. The van der Waals surface area contributed by atoms with Crippen LogP contribution in [0.3, 0.4) is 0 Å². The van der Waals surface area contributed by atoms with Gasteiger partial charge in [0.1, 0.15) is 0 Å². The van der Waals surface area contributed by atoms with Gasteiger partial charge in [-0.1, -0.05) is 6.92 Å². The Morgan fingerprint density at radius 1 is 1.31 bits per heavy atom. The summed E-state index contributed by atoms with van der Waals surface area (Å²) in [7, 11) is 0. The number of carbonyl (C=O) groups is 2. The Kier molecular flexibility index (Phi) is 7.16. The molecular formula is C10H18O5S. The van der Waals surface area contributed by atoms with Crippen LogP contribution in [-0.4, -0.2) is 41.6 Å². The van der Waals surface area contributed by atoms with Crippen LogP contribution < -0.4 is 0 Å². The molecule has 0 aromatic heterocycles. The lowest BCUT2D eigenvalue weighted by Crippen LogP contribution is -2.34. The SMILES string of the molecule is CC(C)OC[C@H](OC(=O)C(C)CS)C(=O)O. The van der Waals surface area contributed by atoms with Crippen LogP contribution >= 0.6 is 12.6 Å². The second kappa shape index (κ2) is 7.51. The number of hydrogen-bond donors (Lipinski definition) is 2. The average molecular weight is 250 g/mol. The minimum Gasteiger partial charge on any atom is -0.478 e. The molecule has 1 N–H and O–H groups in total. The van der Waals surface area contributed by atoms with Crippen LogP contribution in [0.25, 0.3) is 0 Å². The van der Waals surface area contributed by atoms with Gasteiger partial charge in [-0.25, -0.2) is 4.79 Å². The van der Waals surface area contributed by atoms with Gasteiger partial charge in [0.15, 0.2) is 0 Å². The third-order valence-electron chi connectivity index (χ3n) is 1.79. The Morgan fingerprint density at radius 2 is 1.88 bits per heavy atom. The van der Waals surface area contributed by atoms with Crippen molar-refractivity contribution in [1.29, 1.82) is 0 Å². The molecule has 0 bridgehead atoms. The monoisotopic (exact) mass is 250 g/mol. The molecule has 94 valence electrons. The van der Waals surface area contributed by atoms with Crippen molar-refractivity contribution in [2.75, 3.05) is 12.4 Å². The molecule has 0 radical (unpaired) electrons. The molecule has 5 nitrogen and oxygen atoms in total. The van der Waals surface area contributed by atoms with Gasteiger partial charge >= 0.3 is 11.9 Å². The van der Waals surface area contributed by atoms with Crippen LogP contribution in [0.1, 0.15) is 20.8 Å². The maximum Gasteiger partial charge on any atom is 0.347 e. The van der Waals surface area contributed by atoms with Crippen molar-refractivity contribution in [3.05, 3.63) is 0 Å². The van der Waals surface area contributed by atoms with Crippen molar-refractivity contribution < 1.29 is 24.2 Å². The van der Waals surface area contributed by atoms with Gasteiger partial charge < -0.3 is 14.6 Å². The lowest BCUT2D eigenvalue weighted by molar-refractivity contribution is -0.171. The number of esters is 1. The highest BCUT2D eigenvalue weighted by Crippen LogP contribution is 2.05. The van der Waals surface area contributed by atoms with Gasteiger partial charge in [-0.05, 0) is 13.8 Å². The lowest BCUT2D eigenvalue weighted by atomic mass is 10.2. The number of aliphatic carboxylic acids is 1. The molecule has 0 amide bonds. The van der Waals surface area contributed by atoms with Gasteiger partial charge in [-0.2, -0.15) is 12.6 Å². The zero-order valence-corrected chi connectivity index (χ0v) is 10.6. The van der Waals surface area contributed by atoms with Crippen molar-refractivity contribution in [3.8, 4) is 0 Å². The van der Waals surface area contributed by atoms with Crippen molar-refractivity contribution >= 4 is 24.6 Å². The number of carboxylic acids is 1. The summed E-state index contributed by atoms with van der Waals surface area (Å²) >= 11 is 3.93. The van der Waals surface area contributed by atoms with E-state index < -0.39 is 24.0 Å². The Balaban J connectivity index is 4.23. The van der Waals surface area contributed by atoms with Gasteiger partial charge in [-0.3, -0.25) is 4.79 Å². The smallest absolute Gasteiger partial charge is 0.347 e. The highest BCUT2D eigenvalue weighted by atomic mass is 32.1. The molecule has 1 unspecified atom stereocenters. The van der Waals surface area contributed by atoms with E-state index in [1.165, 1.54) is 0 Å². The summed E-state index contributed by atoms with van der Waals surface area (Å²) in [6, 6.07) is 0. The quantitative estimate of drug-likeness (QED) is 0.520. The molecule has 0 fully saturated rings. The van der Waals surface area contributed by atoms with Crippen LogP contribution in [0.4, 0.5) is 0 Å². The van der Waals surface area contributed by atoms with Crippen LogP contribution in [0.15, 0.2) is 0 Å². The van der Waals surface area contributed by atoms with E-state index >= 15 is 0 Å². The molecule has 0 aliphatic rings. The standard InChI is InChI=1S/C10H18O5S/c1-6(2)14-4-8(9(11)12)15-10(13)7(3)5-16/h6-8,16H,4-5H2,1-3H3,(H,11,12)/t7?,8-/m0/s1. The number of hydrogen-bond acceptors (Lipinski definition) is 5. The van der Waals surface area contributed by atoms with Crippen LogP contribution in [-0.2, 0) is 19.1 Å². The number of rotatable bonds is 7. The molecule has 0 aliphatic carbocycles. The first-order valence-electron chi connectivity index (χ1n) is 5.04.